The Morgan fingerprint density at radius 3 is 2.53 bits per heavy atom. The van der Waals surface area contributed by atoms with Gasteiger partial charge in [-0.1, -0.05) is 13.8 Å². The van der Waals surface area contributed by atoms with Crippen molar-refractivity contribution in [2.75, 3.05) is 5.73 Å². The van der Waals surface area contributed by atoms with Crippen LogP contribution in [-0.2, 0) is 10.0 Å². The van der Waals surface area contributed by atoms with E-state index in [1.54, 1.807) is 6.07 Å². The second kappa shape index (κ2) is 3.96. The SMILES string of the molecule is CC1(C)CC1NS(=O)(=O)c1ccc(Br)c(N)c1. The quantitative estimate of drug-likeness (QED) is 0.838. The predicted octanol–water partition coefficient (Wildman–Crippen LogP) is 2.11. The summed E-state index contributed by atoms with van der Waals surface area (Å²) in [6.45, 7) is 4.08. The van der Waals surface area contributed by atoms with Crippen molar-refractivity contribution in [1.82, 2.24) is 4.72 Å². The highest BCUT2D eigenvalue weighted by molar-refractivity contribution is 9.10. The summed E-state index contributed by atoms with van der Waals surface area (Å²) in [5.74, 6) is 0. The van der Waals surface area contributed by atoms with E-state index in [9.17, 15) is 8.42 Å². The van der Waals surface area contributed by atoms with Crippen molar-refractivity contribution in [3.63, 3.8) is 0 Å². The van der Waals surface area contributed by atoms with Gasteiger partial charge < -0.3 is 5.73 Å². The van der Waals surface area contributed by atoms with Crippen molar-refractivity contribution in [3.8, 4) is 0 Å². The lowest BCUT2D eigenvalue weighted by molar-refractivity contribution is 0.555. The van der Waals surface area contributed by atoms with Crippen LogP contribution in [0.4, 0.5) is 5.69 Å². The third kappa shape index (κ3) is 2.64. The molecular weight excluding hydrogens is 304 g/mol. The number of halogens is 1. The molecule has 1 aliphatic carbocycles. The Hall–Kier alpha value is -0.590. The van der Waals surface area contributed by atoms with E-state index in [1.165, 1.54) is 12.1 Å². The fraction of sp³-hybridized carbons (Fsp3) is 0.455. The maximum atomic E-state index is 12.1. The first-order chi connectivity index (χ1) is 7.72. The molecule has 0 bridgehead atoms. The zero-order valence-corrected chi connectivity index (χ0v) is 12.1. The number of hydrogen-bond donors (Lipinski definition) is 2. The fourth-order valence-corrected chi connectivity index (χ4v) is 3.30. The number of hydrogen-bond acceptors (Lipinski definition) is 3. The van der Waals surface area contributed by atoms with Gasteiger partial charge in [0.2, 0.25) is 10.0 Å². The van der Waals surface area contributed by atoms with E-state index in [-0.39, 0.29) is 16.4 Å². The number of nitrogen functional groups attached to an aromatic ring is 1. The molecule has 1 fully saturated rings. The highest BCUT2D eigenvalue weighted by atomic mass is 79.9. The van der Waals surface area contributed by atoms with E-state index in [0.29, 0.717) is 10.2 Å². The van der Waals surface area contributed by atoms with Gasteiger partial charge in [0.15, 0.2) is 0 Å². The van der Waals surface area contributed by atoms with Crippen molar-refractivity contribution < 1.29 is 8.42 Å². The molecule has 0 aliphatic heterocycles. The molecule has 1 atom stereocenters. The van der Waals surface area contributed by atoms with Gasteiger partial charge in [-0.2, -0.15) is 0 Å². The zero-order chi connectivity index (χ0) is 12.8. The molecule has 1 saturated carbocycles. The first-order valence-corrected chi connectivity index (χ1v) is 7.57. The van der Waals surface area contributed by atoms with E-state index >= 15 is 0 Å². The standard InChI is InChI=1S/C11H15BrN2O2S/c1-11(2)6-10(11)14-17(15,16)7-3-4-8(12)9(13)5-7/h3-5,10,14H,6,13H2,1-2H3. The second-order valence-electron chi connectivity index (χ2n) is 5.05. The molecule has 17 heavy (non-hydrogen) atoms. The molecule has 0 heterocycles. The van der Waals surface area contributed by atoms with Crippen LogP contribution in [0.1, 0.15) is 20.3 Å². The normalized spacial score (nSPS) is 22.4. The molecule has 1 aromatic carbocycles. The summed E-state index contributed by atoms with van der Waals surface area (Å²) < 4.78 is 27.5. The molecule has 0 saturated heterocycles. The lowest BCUT2D eigenvalue weighted by Gasteiger charge is -2.09. The minimum Gasteiger partial charge on any atom is -0.398 e. The third-order valence-corrected chi connectivity index (χ3v) is 5.28. The van der Waals surface area contributed by atoms with Crippen LogP contribution in [0.3, 0.4) is 0 Å². The third-order valence-electron chi connectivity index (χ3n) is 3.09. The van der Waals surface area contributed by atoms with Gasteiger partial charge in [-0.3, -0.25) is 0 Å². The minimum absolute atomic E-state index is 0.0253. The van der Waals surface area contributed by atoms with Crippen molar-refractivity contribution in [2.24, 2.45) is 5.41 Å². The van der Waals surface area contributed by atoms with Crippen molar-refractivity contribution in [1.29, 1.82) is 0 Å². The van der Waals surface area contributed by atoms with Crippen molar-refractivity contribution in [3.05, 3.63) is 22.7 Å². The van der Waals surface area contributed by atoms with Crippen LogP contribution in [-0.4, -0.2) is 14.5 Å². The van der Waals surface area contributed by atoms with E-state index in [0.717, 1.165) is 6.42 Å². The summed E-state index contributed by atoms with van der Waals surface area (Å²) in [5, 5.41) is 0. The molecule has 0 amide bonds. The smallest absolute Gasteiger partial charge is 0.240 e. The summed E-state index contributed by atoms with van der Waals surface area (Å²) in [5.41, 5.74) is 6.16. The summed E-state index contributed by atoms with van der Waals surface area (Å²) in [6, 6.07) is 4.67. The molecule has 1 aromatic rings. The van der Waals surface area contributed by atoms with Crippen LogP contribution >= 0.6 is 15.9 Å². The molecule has 0 spiro atoms. The van der Waals surface area contributed by atoms with Crippen LogP contribution in [0.5, 0.6) is 0 Å². The Labute approximate surface area is 110 Å². The molecule has 3 N–H and O–H groups in total. The summed E-state index contributed by atoms with van der Waals surface area (Å²) in [4.78, 5) is 0.209. The molecule has 2 rings (SSSR count). The van der Waals surface area contributed by atoms with E-state index in [2.05, 4.69) is 20.7 Å². The number of sulfonamides is 1. The monoisotopic (exact) mass is 318 g/mol. The molecule has 6 heteroatoms. The van der Waals surface area contributed by atoms with Crippen molar-refractivity contribution in [2.45, 2.75) is 31.2 Å². The average molecular weight is 319 g/mol. The highest BCUT2D eigenvalue weighted by Gasteiger charge is 2.47. The molecule has 1 unspecified atom stereocenters. The van der Waals surface area contributed by atoms with E-state index < -0.39 is 10.0 Å². The number of anilines is 1. The first kappa shape index (κ1) is 12.9. The Kier molecular flexibility index (Phi) is 3.00. The maximum Gasteiger partial charge on any atom is 0.240 e. The number of nitrogens with one attached hydrogen (secondary N) is 1. The van der Waals surface area contributed by atoms with Gasteiger partial charge in [0.1, 0.15) is 0 Å². The number of nitrogens with two attached hydrogens (primary N) is 1. The highest BCUT2D eigenvalue weighted by Crippen LogP contribution is 2.45. The summed E-state index contributed by atoms with van der Waals surface area (Å²) in [6.07, 6.45) is 0.873. The Balaban J connectivity index is 2.23. The van der Waals surface area contributed by atoms with Crippen LogP contribution < -0.4 is 10.5 Å². The molecular formula is C11H15BrN2O2S. The van der Waals surface area contributed by atoms with Crippen LogP contribution in [0.15, 0.2) is 27.6 Å². The molecule has 0 aromatic heterocycles. The number of benzene rings is 1. The average Bonchev–Trinajstić information content (AvgIpc) is 2.77. The zero-order valence-electron chi connectivity index (χ0n) is 9.70. The Morgan fingerprint density at radius 2 is 2.06 bits per heavy atom. The molecule has 1 aliphatic rings. The van der Waals surface area contributed by atoms with Crippen molar-refractivity contribution >= 4 is 31.6 Å². The lowest BCUT2D eigenvalue weighted by atomic mass is 10.2. The van der Waals surface area contributed by atoms with Gasteiger partial charge in [0.25, 0.3) is 0 Å². The van der Waals surface area contributed by atoms with Gasteiger partial charge in [-0.25, -0.2) is 13.1 Å². The topological polar surface area (TPSA) is 72.2 Å². The second-order valence-corrected chi connectivity index (χ2v) is 7.62. The predicted molar refractivity (Wildman–Crippen MR) is 71.1 cm³/mol. The molecule has 0 radical (unpaired) electrons. The van der Waals surface area contributed by atoms with E-state index in [1.807, 2.05) is 13.8 Å². The Bertz CT molecular complexity index is 555. The largest absolute Gasteiger partial charge is 0.398 e. The molecule has 4 nitrogen and oxygen atoms in total. The van der Waals surface area contributed by atoms with Crippen LogP contribution in [0.2, 0.25) is 0 Å². The molecule has 94 valence electrons. The Morgan fingerprint density at radius 1 is 1.47 bits per heavy atom. The number of rotatable bonds is 3. The fourth-order valence-electron chi connectivity index (χ4n) is 1.61. The van der Waals surface area contributed by atoms with Gasteiger partial charge in [-0.15, -0.1) is 0 Å². The summed E-state index contributed by atoms with van der Waals surface area (Å²) >= 11 is 3.24. The van der Waals surface area contributed by atoms with E-state index in [4.69, 9.17) is 5.73 Å². The maximum absolute atomic E-state index is 12.1. The van der Waals surface area contributed by atoms with Crippen LogP contribution in [0.25, 0.3) is 0 Å². The first-order valence-electron chi connectivity index (χ1n) is 5.30. The van der Waals surface area contributed by atoms with Gasteiger partial charge >= 0.3 is 0 Å². The van der Waals surface area contributed by atoms with Gasteiger partial charge in [0, 0.05) is 16.2 Å². The lowest BCUT2D eigenvalue weighted by Crippen LogP contribution is -2.28. The van der Waals surface area contributed by atoms with Gasteiger partial charge in [-0.05, 0) is 46.0 Å². The van der Waals surface area contributed by atoms with Crippen LogP contribution in [0, 0.1) is 5.41 Å². The van der Waals surface area contributed by atoms with Gasteiger partial charge in [0.05, 0.1) is 4.90 Å². The summed E-state index contributed by atoms with van der Waals surface area (Å²) in [7, 11) is -3.46. The minimum atomic E-state index is -3.46.